The Hall–Kier alpha value is -2.57. The summed E-state index contributed by atoms with van der Waals surface area (Å²) in [5.74, 6) is -0.625. The molecule has 2 amide bonds. The summed E-state index contributed by atoms with van der Waals surface area (Å²) in [7, 11) is 0. The van der Waals surface area contributed by atoms with Crippen LogP contribution in [0.1, 0.15) is 45.4 Å². The first-order chi connectivity index (χ1) is 13.6. The zero-order chi connectivity index (χ0) is 19.9. The Labute approximate surface area is 165 Å². The standard InChI is InChI=1S/C21H28N2O5/c1-2-27-18-10-8-16(9-11-18)22-19(24)14-28-21(26)15-12-20(25)23(13-15)17-6-4-3-5-7-17/h8-11,15,17H,2-7,12-14H2,1H3,(H,22,24)/t15-/m1/s1. The van der Waals surface area contributed by atoms with Crippen LogP contribution in [0.4, 0.5) is 5.69 Å². The van der Waals surface area contributed by atoms with Crippen LogP contribution >= 0.6 is 0 Å². The van der Waals surface area contributed by atoms with Crippen LogP contribution in [0.15, 0.2) is 24.3 Å². The number of ether oxygens (including phenoxy) is 2. The van der Waals surface area contributed by atoms with E-state index in [4.69, 9.17) is 9.47 Å². The van der Waals surface area contributed by atoms with E-state index in [0.29, 0.717) is 18.8 Å². The first-order valence-electron chi connectivity index (χ1n) is 10.1. The summed E-state index contributed by atoms with van der Waals surface area (Å²) in [6, 6.07) is 7.22. The number of benzene rings is 1. The normalized spacial score (nSPS) is 20.1. The van der Waals surface area contributed by atoms with Gasteiger partial charge in [-0.25, -0.2) is 0 Å². The second kappa shape index (κ2) is 9.57. The van der Waals surface area contributed by atoms with E-state index in [9.17, 15) is 14.4 Å². The van der Waals surface area contributed by atoms with Gasteiger partial charge in [-0.2, -0.15) is 0 Å². The maximum absolute atomic E-state index is 12.3. The molecule has 7 heteroatoms. The number of nitrogens with one attached hydrogen (secondary N) is 1. The summed E-state index contributed by atoms with van der Waals surface area (Å²) in [5, 5.41) is 2.68. The SMILES string of the molecule is CCOc1ccc(NC(=O)COC(=O)[C@@H]2CC(=O)N(C3CCCCC3)C2)cc1. The molecule has 1 aliphatic heterocycles. The quantitative estimate of drug-likeness (QED) is 0.726. The van der Waals surface area contributed by atoms with Crippen molar-refractivity contribution in [2.75, 3.05) is 25.1 Å². The Morgan fingerprint density at radius 3 is 2.54 bits per heavy atom. The molecule has 28 heavy (non-hydrogen) atoms. The fraction of sp³-hybridized carbons (Fsp3) is 0.571. The topological polar surface area (TPSA) is 84.9 Å². The van der Waals surface area contributed by atoms with Crippen LogP contribution in [0.3, 0.4) is 0 Å². The Kier molecular flexibility index (Phi) is 6.90. The summed E-state index contributed by atoms with van der Waals surface area (Å²) in [4.78, 5) is 38.4. The molecule has 0 aromatic heterocycles. The fourth-order valence-electron chi connectivity index (χ4n) is 3.89. The second-order valence-electron chi connectivity index (χ2n) is 7.35. The predicted molar refractivity (Wildman–Crippen MR) is 104 cm³/mol. The highest BCUT2D eigenvalue weighted by atomic mass is 16.5. The zero-order valence-corrected chi connectivity index (χ0v) is 16.3. The van der Waals surface area contributed by atoms with Crippen molar-refractivity contribution < 1.29 is 23.9 Å². The van der Waals surface area contributed by atoms with Crippen LogP contribution in [0.25, 0.3) is 0 Å². The molecule has 7 nitrogen and oxygen atoms in total. The number of carbonyl (C=O) groups is 3. The van der Waals surface area contributed by atoms with Crippen molar-refractivity contribution in [3.05, 3.63) is 24.3 Å². The molecule has 1 atom stereocenters. The Morgan fingerprint density at radius 1 is 1.14 bits per heavy atom. The lowest BCUT2D eigenvalue weighted by Crippen LogP contribution is -2.38. The number of esters is 1. The molecule has 2 aliphatic rings. The number of amides is 2. The van der Waals surface area contributed by atoms with E-state index in [1.807, 2.05) is 11.8 Å². The minimum atomic E-state index is -0.479. The number of hydrogen-bond donors (Lipinski definition) is 1. The van der Waals surface area contributed by atoms with Gasteiger partial charge < -0.3 is 19.7 Å². The van der Waals surface area contributed by atoms with Crippen molar-refractivity contribution in [2.45, 2.75) is 51.5 Å². The van der Waals surface area contributed by atoms with Crippen LogP contribution in [0.5, 0.6) is 5.75 Å². The maximum Gasteiger partial charge on any atom is 0.311 e. The van der Waals surface area contributed by atoms with Gasteiger partial charge in [0.25, 0.3) is 5.91 Å². The van der Waals surface area contributed by atoms with Crippen molar-refractivity contribution in [3.63, 3.8) is 0 Å². The van der Waals surface area contributed by atoms with E-state index in [1.165, 1.54) is 6.42 Å². The van der Waals surface area contributed by atoms with E-state index < -0.39 is 17.8 Å². The minimum Gasteiger partial charge on any atom is -0.494 e. The van der Waals surface area contributed by atoms with Crippen LogP contribution in [-0.2, 0) is 19.1 Å². The molecule has 1 aromatic rings. The summed E-state index contributed by atoms with van der Waals surface area (Å²) < 4.78 is 10.5. The van der Waals surface area contributed by atoms with Gasteiger partial charge in [0.2, 0.25) is 5.91 Å². The smallest absolute Gasteiger partial charge is 0.311 e. The molecule has 1 heterocycles. The molecule has 0 spiro atoms. The highest BCUT2D eigenvalue weighted by Crippen LogP contribution is 2.29. The monoisotopic (exact) mass is 388 g/mol. The van der Waals surface area contributed by atoms with Crippen molar-refractivity contribution in [1.82, 2.24) is 4.90 Å². The number of hydrogen-bond acceptors (Lipinski definition) is 5. The molecule has 1 aromatic carbocycles. The molecular weight excluding hydrogens is 360 g/mol. The highest BCUT2D eigenvalue weighted by molar-refractivity contribution is 5.93. The van der Waals surface area contributed by atoms with E-state index in [2.05, 4.69) is 5.32 Å². The molecule has 0 bridgehead atoms. The van der Waals surface area contributed by atoms with Gasteiger partial charge in [-0.3, -0.25) is 14.4 Å². The number of rotatable bonds is 7. The third-order valence-electron chi connectivity index (χ3n) is 5.30. The molecule has 1 saturated heterocycles. The lowest BCUT2D eigenvalue weighted by molar-refractivity contribution is -0.151. The first-order valence-corrected chi connectivity index (χ1v) is 10.1. The molecule has 1 saturated carbocycles. The van der Waals surface area contributed by atoms with E-state index in [0.717, 1.165) is 31.4 Å². The van der Waals surface area contributed by atoms with Gasteiger partial charge in [0.05, 0.1) is 12.5 Å². The molecule has 2 fully saturated rings. The summed E-state index contributed by atoms with van der Waals surface area (Å²) in [6.45, 7) is 2.52. The van der Waals surface area contributed by atoms with Gasteiger partial charge in [-0.1, -0.05) is 19.3 Å². The van der Waals surface area contributed by atoms with Gasteiger partial charge in [0.1, 0.15) is 5.75 Å². The molecule has 0 unspecified atom stereocenters. The van der Waals surface area contributed by atoms with Crippen LogP contribution in [0.2, 0.25) is 0 Å². The van der Waals surface area contributed by atoms with Gasteiger partial charge in [-0.15, -0.1) is 0 Å². The molecule has 152 valence electrons. The summed E-state index contributed by atoms with van der Waals surface area (Å²) in [5.41, 5.74) is 0.601. The Bertz CT molecular complexity index is 697. The van der Waals surface area contributed by atoms with E-state index in [1.54, 1.807) is 24.3 Å². The number of nitrogens with zero attached hydrogens (tertiary/aromatic N) is 1. The molecule has 3 rings (SSSR count). The lowest BCUT2D eigenvalue weighted by atomic mass is 9.94. The first kappa shape index (κ1) is 20.2. The van der Waals surface area contributed by atoms with E-state index >= 15 is 0 Å². The molecule has 0 radical (unpaired) electrons. The minimum absolute atomic E-state index is 0.0210. The Morgan fingerprint density at radius 2 is 1.86 bits per heavy atom. The zero-order valence-electron chi connectivity index (χ0n) is 16.3. The average molecular weight is 388 g/mol. The van der Waals surface area contributed by atoms with Gasteiger partial charge in [0, 0.05) is 24.7 Å². The number of carbonyl (C=O) groups excluding carboxylic acids is 3. The Balaban J connectivity index is 1.43. The summed E-state index contributed by atoms with van der Waals surface area (Å²) in [6.07, 6.45) is 5.68. The van der Waals surface area contributed by atoms with E-state index in [-0.39, 0.29) is 25.0 Å². The van der Waals surface area contributed by atoms with Crippen molar-refractivity contribution in [2.24, 2.45) is 5.92 Å². The largest absolute Gasteiger partial charge is 0.494 e. The third-order valence-corrected chi connectivity index (χ3v) is 5.30. The van der Waals surface area contributed by atoms with Crippen LogP contribution in [0, 0.1) is 5.92 Å². The molecular formula is C21H28N2O5. The predicted octanol–water partition coefficient (Wildman–Crippen LogP) is 2.75. The lowest BCUT2D eigenvalue weighted by Gasteiger charge is -2.31. The van der Waals surface area contributed by atoms with Gasteiger partial charge in [0.15, 0.2) is 6.61 Å². The van der Waals surface area contributed by atoms with Gasteiger partial charge in [-0.05, 0) is 44.0 Å². The fourth-order valence-corrected chi connectivity index (χ4v) is 3.89. The number of likely N-dealkylation sites (tertiary alicyclic amines) is 1. The van der Waals surface area contributed by atoms with Crippen LogP contribution in [-0.4, -0.2) is 48.5 Å². The average Bonchev–Trinajstić information content (AvgIpc) is 3.10. The van der Waals surface area contributed by atoms with Crippen molar-refractivity contribution in [3.8, 4) is 5.75 Å². The summed E-state index contributed by atoms with van der Waals surface area (Å²) >= 11 is 0. The number of anilines is 1. The van der Waals surface area contributed by atoms with Crippen LogP contribution < -0.4 is 10.1 Å². The van der Waals surface area contributed by atoms with Crippen molar-refractivity contribution in [1.29, 1.82) is 0 Å². The molecule has 1 aliphatic carbocycles. The highest BCUT2D eigenvalue weighted by Gasteiger charge is 2.39. The van der Waals surface area contributed by atoms with Crippen molar-refractivity contribution >= 4 is 23.5 Å². The van der Waals surface area contributed by atoms with Gasteiger partial charge >= 0.3 is 5.97 Å². The maximum atomic E-state index is 12.3. The third kappa shape index (κ3) is 5.24. The second-order valence-corrected chi connectivity index (χ2v) is 7.35. The molecule has 1 N–H and O–H groups in total.